The summed E-state index contributed by atoms with van der Waals surface area (Å²) in [6.45, 7) is 15.2. The van der Waals surface area contributed by atoms with Crippen LogP contribution < -0.4 is 0 Å². The Kier molecular flexibility index (Phi) is 4.26. The Balaban J connectivity index is 2.13. The Morgan fingerprint density at radius 3 is 2.24 bits per heavy atom. The van der Waals surface area contributed by atoms with Gasteiger partial charge in [-0.1, -0.05) is 71.9 Å². The van der Waals surface area contributed by atoms with Gasteiger partial charge in [0.15, 0.2) is 0 Å². The molecule has 0 aliphatic heterocycles. The number of rotatable bonds is 3. The molecule has 0 aromatic heterocycles. The molecule has 0 unspecified atom stereocenters. The van der Waals surface area contributed by atoms with Crippen LogP contribution in [-0.2, 0) is 33.4 Å². The number of ether oxygens (including phenoxy) is 1. The fourth-order valence-electron chi connectivity index (χ4n) is 3.78. The summed E-state index contributed by atoms with van der Waals surface area (Å²) in [5.74, 6) is 0. The third-order valence-corrected chi connectivity index (χ3v) is 5.14. The minimum absolute atomic E-state index is 0.00194. The van der Waals surface area contributed by atoms with Gasteiger partial charge < -0.3 is 4.74 Å². The first-order valence-corrected chi connectivity index (χ1v) is 8.91. The normalized spacial score (nSPS) is 13.4. The van der Waals surface area contributed by atoms with E-state index in [0.29, 0.717) is 6.61 Å². The molecule has 2 heteroatoms. The van der Waals surface area contributed by atoms with E-state index in [0.717, 1.165) is 12.0 Å². The molecule has 131 valence electrons. The van der Waals surface area contributed by atoms with E-state index in [1.807, 2.05) is 0 Å². The molecule has 0 N–H and O–H groups in total. The summed E-state index contributed by atoms with van der Waals surface area (Å²) >= 11 is 0. The van der Waals surface area contributed by atoms with Crippen molar-refractivity contribution in [2.75, 3.05) is 0 Å². The van der Waals surface area contributed by atoms with Crippen molar-refractivity contribution in [3.8, 4) is 11.1 Å². The maximum Gasteiger partial charge on any atom is 0.417 e. The van der Waals surface area contributed by atoms with Crippen LogP contribution in [0.4, 0.5) is 0 Å². The predicted octanol–water partition coefficient (Wildman–Crippen LogP) is 5.44. The lowest BCUT2D eigenvalue weighted by atomic mass is 9.81. The number of benzene rings is 2. The Hall–Kier alpha value is -2.09. The lowest BCUT2D eigenvalue weighted by molar-refractivity contribution is 0.264. The number of hydrogen-bond donors (Lipinski definition) is 0. The molecular weight excluding hydrogens is 308 g/mol. The van der Waals surface area contributed by atoms with Crippen molar-refractivity contribution in [2.24, 2.45) is 0 Å². The van der Waals surface area contributed by atoms with Crippen molar-refractivity contribution in [2.45, 2.75) is 65.4 Å². The van der Waals surface area contributed by atoms with Crippen molar-refractivity contribution < 1.29 is 9.53 Å². The van der Waals surface area contributed by atoms with E-state index in [2.05, 4.69) is 71.9 Å². The minimum atomic E-state index is 0.00194. The van der Waals surface area contributed by atoms with Gasteiger partial charge in [-0.05, 0) is 56.2 Å². The zero-order valence-corrected chi connectivity index (χ0v) is 16.1. The summed E-state index contributed by atoms with van der Waals surface area (Å²) in [6, 6.07) is 11.2. The van der Waals surface area contributed by atoms with E-state index in [4.69, 9.17) is 4.74 Å². The summed E-state index contributed by atoms with van der Waals surface area (Å²) in [5.41, 5.74) is 9.11. The summed E-state index contributed by atoms with van der Waals surface area (Å²) in [7, 11) is 0. The van der Waals surface area contributed by atoms with Gasteiger partial charge in [-0.2, -0.15) is 0 Å². The van der Waals surface area contributed by atoms with Crippen molar-refractivity contribution in [1.82, 2.24) is 0 Å². The van der Waals surface area contributed by atoms with Gasteiger partial charge in [0.05, 0.1) is 0 Å². The van der Waals surface area contributed by atoms with Crippen LogP contribution in [-0.4, -0.2) is 6.47 Å². The fourth-order valence-corrected chi connectivity index (χ4v) is 3.78. The molecule has 0 atom stereocenters. The predicted molar refractivity (Wildman–Crippen MR) is 103 cm³/mol. The molecule has 25 heavy (non-hydrogen) atoms. The second kappa shape index (κ2) is 6.01. The Morgan fingerprint density at radius 2 is 1.64 bits per heavy atom. The van der Waals surface area contributed by atoms with Gasteiger partial charge in [0, 0.05) is 0 Å². The quantitative estimate of drug-likeness (QED) is 0.637. The van der Waals surface area contributed by atoms with Gasteiger partial charge in [0.1, 0.15) is 6.61 Å². The van der Waals surface area contributed by atoms with Gasteiger partial charge in [-0.3, -0.25) is 0 Å². The van der Waals surface area contributed by atoms with Crippen LogP contribution in [0, 0.1) is 0 Å². The maximum absolute atomic E-state index is 10.7. The van der Waals surface area contributed by atoms with Crippen molar-refractivity contribution in [3.05, 3.63) is 58.1 Å². The highest BCUT2D eigenvalue weighted by Gasteiger charge is 2.28. The van der Waals surface area contributed by atoms with E-state index in [1.54, 1.807) is 6.47 Å². The first kappa shape index (κ1) is 17.7. The Morgan fingerprint density at radius 1 is 0.960 bits per heavy atom. The first-order valence-electron chi connectivity index (χ1n) is 8.91. The van der Waals surface area contributed by atoms with Crippen LogP contribution in [0.5, 0.6) is 0 Å². The van der Waals surface area contributed by atoms with E-state index in [-0.39, 0.29) is 10.8 Å². The van der Waals surface area contributed by atoms with Crippen LogP contribution in [0.3, 0.4) is 0 Å². The summed E-state index contributed by atoms with van der Waals surface area (Å²) in [4.78, 5) is 10.7. The number of hydrogen-bond acceptors (Lipinski definition) is 2. The molecule has 2 aromatic carbocycles. The fraction of sp³-hybridized carbons (Fsp3) is 0.435. The number of carbonyl (C=O) groups excluding carboxylic acids is 1. The molecule has 2 nitrogen and oxygen atoms in total. The third-order valence-electron chi connectivity index (χ3n) is 5.14. The van der Waals surface area contributed by atoms with Crippen LogP contribution in [0.25, 0.3) is 11.1 Å². The van der Waals surface area contributed by atoms with E-state index >= 15 is 0 Å². The van der Waals surface area contributed by atoms with Gasteiger partial charge in [-0.15, -0.1) is 0 Å². The average Bonchev–Trinajstić information content (AvgIpc) is 2.88. The maximum atomic E-state index is 10.7. The highest BCUT2D eigenvalue weighted by Crippen LogP contribution is 2.43. The lowest BCUT2D eigenvalue weighted by Crippen LogP contribution is -2.16. The van der Waals surface area contributed by atoms with E-state index in [1.165, 1.54) is 33.4 Å². The monoisotopic (exact) mass is 335 g/mol. The van der Waals surface area contributed by atoms with Gasteiger partial charge in [-0.25, -0.2) is 4.79 Å². The molecule has 2 aromatic rings. The van der Waals surface area contributed by atoms with Crippen LogP contribution in [0.15, 0.2) is 30.3 Å². The van der Waals surface area contributed by atoms with E-state index in [9.17, 15) is 4.79 Å². The Labute approximate surface area is 151 Å². The second-order valence-electron chi connectivity index (χ2n) is 9.04. The molecule has 0 saturated heterocycles. The third kappa shape index (κ3) is 3.22. The van der Waals surface area contributed by atoms with Gasteiger partial charge >= 0.3 is 6.47 Å². The minimum Gasteiger partial charge on any atom is -0.452 e. The van der Waals surface area contributed by atoms with E-state index < -0.39 is 0 Å². The largest absolute Gasteiger partial charge is 0.452 e. The van der Waals surface area contributed by atoms with Crippen molar-refractivity contribution >= 4 is 6.47 Å². The average molecular weight is 335 g/mol. The molecule has 0 spiro atoms. The van der Waals surface area contributed by atoms with Crippen LogP contribution in [0.2, 0.25) is 0 Å². The molecule has 0 saturated carbocycles. The van der Waals surface area contributed by atoms with Gasteiger partial charge in [0.25, 0.3) is 0 Å². The summed E-state index contributed by atoms with van der Waals surface area (Å²) in [6.07, 6.45) is 0.899. The zero-order chi connectivity index (χ0) is 18.4. The highest BCUT2D eigenvalue weighted by atomic mass is 16.5. The topological polar surface area (TPSA) is 26.3 Å². The van der Waals surface area contributed by atoms with Crippen LogP contribution in [0.1, 0.15) is 69.4 Å². The molecule has 0 bridgehead atoms. The molecule has 0 amide bonds. The smallest absolute Gasteiger partial charge is 0.417 e. The Bertz CT molecular complexity index is 817. The molecule has 1 aliphatic carbocycles. The van der Waals surface area contributed by atoms with Crippen molar-refractivity contribution in [1.29, 1.82) is 0 Å². The molecular formula is C23H27O2. The zero-order valence-electron chi connectivity index (χ0n) is 16.1. The second-order valence-corrected chi connectivity index (χ2v) is 9.04. The van der Waals surface area contributed by atoms with Gasteiger partial charge in [0.2, 0.25) is 0 Å². The lowest BCUT2D eigenvalue weighted by Gasteiger charge is -2.24. The first-order chi connectivity index (χ1) is 11.6. The highest BCUT2D eigenvalue weighted by molar-refractivity contribution is 5.79. The molecule has 0 fully saturated rings. The van der Waals surface area contributed by atoms with Crippen molar-refractivity contribution in [3.63, 3.8) is 0 Å². The molecule has 3 rings (SSSR count). The summed E-state index contributed by atoms with van der Waals surface area (Å²) < 4.78 is 5.05. The molecule has 1 aliphatic rings. The number of fused-ring (bicyclic) bond motifs is 3. The van der Waals surface area contributed by atoms with Crippen LogP contribution >= 0.6 is 0 Å². The summed E-state index contributed by atoms with van der Waals surface area (Å²) in [5, 5.41) is 0. The molecule has 1 radical (unpaired) electrons. The molecule has 0 heterocycles. The standard InChI is InChI=1S/C23H27O2/c1-22(2,3)16-7-8-17-15(11-16)12-19-18(17)9-10-21(23(4,5)6)20(19)13-25-14-24/h7-11H,12-13H2,1-6H3. The SMILES string of the molecule is CC(C)(C)c1ccc2c(c1)Cc1c-2ccc(C(C)(C)C)c1CO[C]=O.